The number of piperazine rings is 1. The molecule has 7 nitrogen and oxygen atoms in total. The number of para-hydroxylation sites is 2. The van der Waals surface area contributed by atoms with Crippen LogP contribution in [0, 0.1) is 0 Å². The Morgan fingerprint density at radius 3 is 2.28 bits per heavy atom. The third-order valence-corrected chi connectivity index (χ3v) is 4.84. The zero-order valence-electron chi connectivity index (χ0n) is 16.7. The molecule has 3 rings (SSSR count). The van der Waals surface area contributed by atoms with E-state index >= 15 is 0 Å². The number of nitrogens with zero attached hydrogens (tertiary/aromatic N) is 2. The summed E-state index contributed by atoms with van der Waals surface area (Å²) in [6.45, 7) is 3.68. The SMILES string of the molecule is COc1ccccc1OCC(=O)NCC(=O)N1CCN(Cc2ccccc2)CC1. The van der Waals surface area contributed by atoms with Crippen LogP contribution in [0.1, 0.15) is 5.56 Å². The molecule has 0 atom stereocenters. The first-order chi connectivity index (χ1) is 14.2. The Hall–Kier alpha value is -3.06. The van der Waals surface area contributed by atoms with Gasteiger partial charge in [-0.15, -0.1) is 0 Å². The van der Waals surface area contributed by atoms with Crippen molar-refractivity contribution in [3.05, 3.63) is 60.2 Å². The third kappa shape index (κ3) is 6.22. The Labute approximate surface area is 171 Å². The van der Waals surface area contributed by atoms with E-state index in [-0.39, 0.29) is 25.0 Å². The second-order valence-corrected chi connectivity index (χ2v) is 6.86. The summed E-state index contributed by atoms with van der Waals surface area (Å²) in [6, 6.07) is 17.4. The van der Waals surface area contributed by atoms with Crippen LogP contribution in [0.25, 0.3) is 0 Å². The van der Waals surface area contributed by atoms with Gasteiger partial charge < -0.3 is 19.7 Å². The minimum Gasteiger partial charge on any atom is -0.493 e. The second-order valence-electron chi connectivity index (χ2n) is 6.86. The van der Waals surface area contributed by atoms with E-state index in [1.807, 2.05) is 24.3 Å². The van der Waals surface area contributed by atoms with Gasteiger partial charge in [0.1, 0.15) is 0 Å². The number of hydrogen-bond donors (Lipinski definition) is 1. The minimum atomic E-state index is -0.341. The molecule has 2 aromatic carbocycles. The molecule has 2 aromatic rings. The Kier molecular flexibility index (Phi) is 7.47. The van der Waals surface area contributed by atoms with E-state index < -0.39 is 0 Å². The van der Waals surface area contributed by atoms with Crippen molar-refractivity contribution in [2.45, 2.75) is 6.54 Å². The number of rotatable bonds is 8. The maximum Gasteiger partial charge on any atom is 0.258 e. The lowest BCUT2D eigenvalue weighted by Gasteiger charge is -2.34. The summed E-state index contributed by atoms with van der Waals surface area (Å²) in [5, 5.41) is 2.63. The summed E-state index contributed by atoms with van der Waals surface area (Å²) in [7, 11) is 1.54. The van der Waals surface area contributed by atoms with Gasteiger partial charge in [0.15, 0.2) is 18.1 Å². The Bertz CT molecular complexity index is 805. The molecule has 7 heteroatoms. The molecule has 1 saturated heterocycles. The zero-order valence-corrected chi connectivity index (χ0v) is 16.7. The summed E-state index contributed by atoms with van der Waals surface area (Å²) < 4.78 is 10.6. The topological polar surface area (TPSA) is 71.1 Å². The van der Waals surface area contributed by atoms with Crippen molar-refractivity contribution in [1.82, 2.24) is 15.1 Å². The van der Waals surface area contributed by atoms with Gasteiger partial charge in [-0.05, 0) is 17.7 Å². The first-order valence-corrected chi connectivity index (χ1v) is 9.72. The zero-order chi connectivity index (χ0) is 20.5. The Morgan fingerprint density at radius 1 is 0.931 bits per heavy atom. The van der Waals surface area contributed by atoms with E-state index in [9.17, 15) is 9.59 Å². The maximum atomic E-state index is 12.4. The van der Waals surface area contributed by atoms with Gasteiger partial charge in [0, 0.05) is 32.7 Å². The highest BCUT2D eigenvalue weighted by Crippen LogP contribution is 2.25. The number of benzene rings is 2. The molecule has 1 heterocycles. The van der Waals surface area contributed by atoms with Crippen molar-refractivity contribution in [2.24, 2.45) is 0 Å². The molecule has 0 aliphatic carbocycles. The first kappa shape index (κ1) is 20.7. The quantitative estimate of drug-likeness (QED) is 0.732. The molecule has 0 unspecified atom stereocenters. The molecule has 1 N–H and O–H groups in total. The predicted molar refractivity (Wildman–Crippen MR) is 110 cm³/mol. The summed E-state index contributed by atoms with van der Waals surface area (Å²) in [4.78, 5) is 28.5. The predicted octanol–water partition coefficient (Wildman–Crippen LogP) is 1.53. The van der Waals surface area contributed by atoms with Gasteiger partial charge in [0.25, 0.3) is 5.91 Å². The molecule has 29 heavy (non-hydrogen) atoms. The van der Waals surface area contributed by atoms with Crippen LogP contribution in [0.4, 0.5) is 0 Å². The first-order valence-electron chi connectivity index (χ1n) is 9.72. The van der Waals surface area contributed by atoms with E-state index in [0.717, 1.165) is 19.6 Å². The smallest absolute Gasteiger partial charge is 0.258 e. The molecule has 1 aliphatic rings. The molecule has 0 radical (unpaired) electrons. The van der Waals surface area contributed by atoms with Crippen molar-refractivity contribution in [2.75, 3.05) is 46.4 Å². The summed E-state index contributed by atoms with van der Waals surface area (Å²) in [6.07, 6.45) is 0. The molecule has 0 bridgehead atoms. The number of nitrogens with one attached hydrogen (secondary N) is 1. The lowest BCUT2D eigenvalue weighted by Crippen LogP contribution is -2.51. The molecular weight excluding hydrogens is 370 g/mol. The van der Waals surface area contributed by atoms with Crippen LogP contribution < -0.4 is 14.8 Å². The van der Waals surface area contributed by atoms with Gasteiger partial charge in [-0.25, -0.2) is 0 Å². The van der Waals surface area contributed by atoms with Crippen molar-refractivity contribution in [1.29, 1.82) is 0 Å². The van der Waals surface area contributed by atoms with Gasteiger partial charge in [0.2, 0.25) is 5.91 Å². The van der Waals surface area contributed by atoms with Crippen LogP contribution >= 0.6 is 0 Å². The fourth-order valence-corrected chi connectivity index (χ4v) is 3.22. The van der Waals surface area contributed by atoms with Crippen molar-refractivity contribution < 1.29 is 19.1 Å². The maximum absolute atomic E-state index is 12.4. The number of carbonyl (C=O) groups excluding carboxylic acids is 2. The van der Waals surface area contributed by atoms with Crippen LogP contribution in [0.2, 0.25) is 0 Å². The lowest BCUT2D eigenvalue weighted by molar-refractivity contribution is -0.134. The van der Waals surface area contributed by atoms with Gasteiger partial charge in [0.05, 0.1) is 13.7 Å². The van der Waals surface area contributed by atoms with Crippen molar-refractivity contribution in [3.63, 3.8) is 0 Å². The van der Waals surface area contributed by atoms with E-state index in [2.05, 4.69) is 22.3 Å². The van der Waals surface area contributed by atoms with Crippen molar-refractivity contribution in [3.8, 4) is 11.5 Å². The van der Waals surface area contributed by atoms with E-state index in [1.165, 1.54) is 5.56 Å². The number of hydrogen-bond acceptors (Lipinski definition) is 5. The second kappa shape index (κ2) is 10.5. The highest BCUT2D eigenvalue weighted by atomic mass is 16.5. The van der Waals surface area contributed by atoms with Gasteiger partial charge in [-0.1, -0.05) is 42.5 Å². The highest BCUT2D eigenvalue weighted by Gasteiger charge is 2.21. The Morgan fingerprint density at radius 2 is 1.59 bits per heavy atom. The third-order valence-electron chi connectivity index (χ3n) is 4.84. The Balaban J connectivity index is 1.36. The lowest BCUT2D eigenvalue weighted by atomic mass is 10.2. The largest absolute Gasteiger partial charge is 0.493 e. The van der Waals surface area contributed by atoms with Crippen LogP contribution in [0.3, 0.4) is 0 Å². The molecule has 2 amide bonds. The molecule has 154 valence electrons. The van der Waals surface area contributed by atoms with Gasteiger partial charge in [-0.3, -0.25) is 14.5 Å². The molecule has 0 aromatic heterocycles. The molecular formula is C22H27N3O4. The van der Waals surface area contributed by atoms with E-state index in [4.69, 9.17) is 9.47 Å². The number of carbonyl (C=O) groups is 2. The van der Waals surface area contributed by atoms with Gasteiger partial charge >= 0.3 is 0 Å². The molecule has 1 fully saturated rings. The van der Waals surface area contributed by atoms with E-state index in [1.54, 1.807) is 30.2 Å². The van der Waals surface area contributed by atoms with Crippen molar-refractivity contribution >= 4 is 11.8 Å². The molecule has 0 saturated carbocycles. The monoisotopic (exact) mass is 397 g/mol. The highest BCUT2D eigenvalue weighted by molar-refractivity contribution is 5.85. The average molecular weight is 397 g/mol. The summed E-state index contributed by atoms with van der Waals surface area (Å²) in [5.74, 6) is 0.637. The fraction of sp³-hybridized carbons (Fsp3) is 0.364. The van der Waals surface area contributed by atoms with Crippen LogP contribution in [0.15, 0.2) is 54.6 Å². The number of methoxy groups -OCH3 is 1. The van der Waals surface area contributed by atoms with Crippen LogP contribution in [-0.4, -0.2) is 68.1 Å². The summed E-state index contributed by atoms with van der Waals surface area (Å²) >= 11 is 0. The number of ether oxygens (including phenoxy) is 2. The van der Waals surface area contributed by atoms with Crippen LogP contribution in [0.5, 0.6) is 11.5 Å². The normalized spacial score (nSPS) is 14.3. The van der Waals surface area contributed by atoms with E-state index in [0.29, 0.717) is 24.6 Å². The fourth-order valence-electron chi connectivity index (χ4n) is 3.22. The molecule has 0 spiro atoms. The molecule has 1 aliphatic heterocycles. The summed E-state index contributed by atoms with van der Waals surface area (Å²) in [5.41, 5.74) is 1.27. The number of amides is 2. The van der Waals surface area contributed by atoms with Gasteiger partial charge in [-0.2, -0.15) is 0 Å². The standard InChI is InChI=1S/C22H27N3O4/c1-28-19-9-5-6-10-20(19)29-17-21(26)23-15-22(27)25-13-11-24(12-14-25)16-18-7-3-2-4-8-18/h2-10H,11-17H2,1H3,(H,23,26). The van der Waals surface area contributed by atoms with Crippen LogP contribution in [-0.2, 0) is 16.1 Å². The minimum absolute atomic E-state index is 0.0210. The average Bonchev–Trinajstić information content (AvgIpc) is 2.77.